The third-order valence-corrected chi connectivity index (χ3v) is 6.86. The number of rotatable bonds is 22. The molecule has 0 aromatic heterocycles. The van der Waals surface area contributed by atoms with Crippen LogP contribution >= 0.6 is 7.82 Å². The van der Waals surface area contributed by atoms with E-state index in [1.165, 1.54) is 44.9 Å². The van der Waals surface area contributed by atoms with E-state index in [9.17, 15) is 38.9 Å². The quantitative estimate of drug-likeness (QED) is 0.0424. The second kappa shape index (κ2) is 34.7. The van der Waals surface area contributed by atoms with Gasteiger partial charge in [0.1, 0.15) is 11.5 Å². The number of nitrogens with zero attached hydrogens (tertiary/aromatic N) is 1. The number of primary amides is 1. The maximum atomic E-state index is 11.3. The van der Waals surface area contributed by atoms with E-state index < -0.39 is 38.3 Å². The largest absolute Gasteiger partial charge is 1.00 e. The molecule has 0 rings (SSSR count). The smallest absolute Gasteiger partial charge is 0.790 e. The summed E-state index contributed by atoms with van der Waals surface area (Å²) in [5.41, 5.74) is 3.40. The Balaban J connectivity index is -0.000000120. The zero-order chi connectivity index (χ0) is 31.7. The number of carboxylic acid groups (broad SMARTS) is 2. The number of carboxylic acids is 2. The Kier molecular flexibility index (Phi) is 45.8. The molecule has 0 aliphatic rings. The van der Waals surface area contributed by atoms with Crippen molar-refractivity contribution in [2.45, 2.75) is 109 Å². The molecule has 4 N–H and O–H groups in total. The number of phosphoric acid groups is 1. The number of unbranched alkanes of at least 4 members (excludes halogenated alkanes) is 8. The molecule has 0 aliphatic carbocycles. The molecule has 17 heteroatoms. The van der Waals surface area contributed by atoms with Gasteiger partial charge in [-0.05, 0) is 19.3 Å². The summed E-state index contributed by atoms with van der Waals surface area (Å²) in [4.78, 5) is 51.9. The maximum absolute atomic E-state index is 11.3. The Morgan fingerprint density at radius 1 is 0.814 bits per heavy atom. The van der Waals surface area contributed by atoms with Crippen LogP contribution in [0, 0.1) is 0 Å². The Morgan fingerprint density at radius 2 is 1.28 bits per heavy atom. The number of nitrogens with two attached hydrogens (primary N) is 1. The van der Waals surface area contributed by atoms with Crippen LogP contribution in [0.4, 0.5) is 0 Å². The third kappa shape index (κ3) is 34.6. The molecule has 43 heavy (non-hydrogen) atoms. The summed E-state index contributed by atoms with van der Waals surface area (Å²) >= 11 is 0. The molecule has 0 aliphatic heterocycles. The average molecular weight is 669 g/mol. The number of amides is 1. The van der Waals surface area contributed by atoms with E-state index >= 15 is 0 Å². The van der Waals surface area contributed by atoms with Gasteiger partial charge in [-0.2, -0.15) is 0 Å². The van der Waals surface area contributed by atoms with Crippen LogP contribution < -0.4 is 114 Å². The van der Waals surface area contributed by atoms with Gasteiger partial charge in [0, 0.05) is 38.4 Å². The van der Waals surface area contributed by atoms with Crippen LogP contribution in [0.5, 0.6) is 0 Å². The van der Waals surface area contributed by atoms with Crippen LogP contribution in [0.2, 0.25) is 0 Å². The fourth-order valence-electron chi connectivity index (χ4n) is 4.07. The molecule has 1 unspecified atom stereocenters. The second-order valence-corrected chi connectivity index (χ2v) is 11.3. The van der Waals surface area contributed by atoms with Crippen LogP contribution in [0.3, 0.4) is 0 Å². The first-order valence-corrected chi connectivity index (χ1v) is 15.4. The summed E-state index contributed by atoms with van der Waals surface area (Å²) in [5.74, 6) is -3.08. The van der Waals surface area contributed by atoms with Crippen LogP contribution in [-0.4, -0.2) is 78.5 Å². The van der Waals surface area contributed by atoms with Crippen LogP contribution in [-0.2, 0) is 23.5 Å². The summed E-state index contributed by atoms with van der Waals surface area (Å²) in [7, 11) is -1.56. The number of quaternary nitrogens is 1. The summed E-state index contributed by atoms with van der Waals surface area (Å²) in [6, 6.07) is 0. The van der Waals surface area contributed by atoms with Crippen molar-refractivity contribution in [3.63, 3.8) is 0 Å². The second-order valence-electron chi connectivity index (χ2n) is 10.2. The van der Waals surface area contributed by atoms with E-state index in [0.29, 0.717) is 19.4 Å². The minimum absolute atomic E-state index is 0. The average Bonchev–Trinajstić information content (AvgIpc) is 2.82. The van der Waals surface area contributed by atoms with E-state index in [0.717, 1.165) is 12.8 Å². The Bertz CT molecular complexity index is 732. The van der Waals surface area contributed by atoms with Crippen LogP contribution in [0.25, 0.3) is 0 Å². The maximum Gasteiger partial charge on any atom is 1.00 e. The summed E-state index contributed by atoms with van der Waals surface area (Å²) in [5, 5.41) is 39.2. The zero-order valence-corrected chi connectivity index (χ0v) is 34.7. The molecule has 13 nitrogen and oxygen atoms in total. The molecular weight excluding hydrogens is 616 g/mol. The summed E-state index contributed by atoms with van der Waals surface area (Å²) in [6.45, 7) is 3.76. The molecule has 0 saturated heterocycles. The number of carbonyl (C=O) groups excluding carboxylic acids is 3. The Labute approximate surface area is 324 Å². The van der Waals surface area contributed by atoms with Gasteiger partial charge in [0.05, 0.1) is 35.1 Å². The zero-order valence-electron chi connectivity index (χ0n) is 27.8. The molecule has 0 heterocycles. The van der Waals surface area contributed by atoms with Gasteiger partial charge in [-0.25, -0.2) is 0 Å². The van der Waals surface area contributed by atoms with Gasteiger partial charge in [-0.15, -0.1) is 0 Å². The number of carbonyl (C=O) groups is 3. The van der Waals surface area contributed by atoms with Gasteiger partial charge in [0.15, 0.2) is 0 Å². The minimum Gasteiger partial charge on any atom is -0.790 e. The molecule has 0 spiro atoms. The molecular formula is C26H52N2Na3O11P. The number of aliphatic hydroxyl groups is 2. The van der Waals surface area contributed by atoms with Crippen molar-refractivity contribution >= 4 is 25.7 Å². The van der Waals surface area contributed by atoms with Gasteiger partial charge in [-0.1, -0.05) is 65.2 Å². The topological polar surface area (TPSA) is 236 Å². The summed E-state index contributed by atoms with van der Waals surface area (Å²) < 4.78 is 13.4. The fraction of sp³-hybridized carbons (Fsp3) is 0.885. The van der Waals surface area contributed by atoms with Gasteiger partial charge in [-0.3, -0.25) is 4.79 Å². The van der Waals surface area contributed by atoms with Gasteiger partial charge in [0.25, 0.3) is 0 Å². The van der Waals surface area contributed by atoms with Crippen molar-refractivity contribution in [3.8, 4) is 0 Å². The van der Waals surface area contributed by atoms with E-state index in [4.69, 9.17) is 15.9 Å². The van der Waals surface area contributed by atoms with E-state index in [2.05, 4.69) is 11.4 Å². The summed E-state index contributed by atoms with van der Waals surface area (Å²) in [6.07, 6.45) is 12.1. The molecule has 0 aromatic rings. The van der Waals surface area contributed by atoms with Crippen LogP contribution in [0.1, 0.15) is 104 Å². The molecule has 1 amide bonds. The molecule has 0 radical (unpaired) electrons. The molecule has 0 aromatic carbocycles. The number of hydrogen-bond acceptors (Lipinski definition) is 11. The number of aliphatic hydroxyl groups excluding tert-OH is 2. The van der Waals surface area contributed by atoms with Crippen molar-refractivity contribution in [3.05, 3.63) is 0 Å². The Hall–Kier alpha value is 1.40. The Morgan fingerprint density at radius 3 is 1.60 bits per heavy atom. The first-order valence-electron chi connectivity index (χ1n) is 14.0. The first-order chi connectivity index (χ1) is 18.6. The number of aliphatic carboxylic acids is 2. The molecule has 0 saturated carbocycles. The van der Waals surface area contributed by atoms with Crippen LogP contribution in [0.15, 0.2) is 0 Å². The third-order valence-electron chi connectivity index (χ3n) is 6.36. The number of phosphoric ester groups is 1. The molecule has 240 valence electrons. The van der Waals surface area contributed by atoms with Gasteiger partial charge >= 0.3 is 88.7 Å². The van der Waals surface area contributed by atoms with E-state index in [1.807, 2.05) is 6.92 Å². The standard InChI is InChI=1S/C12H25NO.C11H21NO5.C3H9O5P.3Na/c1-2-3-4-5-6-7-8-9-10-11-12(13)14;1-4-6-12(2,3)11(5-7-13,10(16)17)8-9(14)15;4-2-1-3-8-9(5,6)7;;;/h2-11H2,1H3,(H2,13,14);13H,4-8H2,1-3H3,(H-,14,15,16,17);4H,1-3H2,(H2,5,6,7);;;/q;;;3*+1/p-3. The predicted octanol–water partition coefficient (Wildman–Crippen LogP) is -9.90. The van der Waals surface area contributed by atoms with E-state index in [-0.39, 0.29) is 125 Å². The van der Waals surface area contributed by atoms with Crippen molar-refractivity contribution in [1.82, 2.24) is 0 Å². The van der Waals surface area contributed by atoms with Crippen molar-refractivity contribution in [2.75, 3.05) is 40.5 Å². The SMILES string of the molecule is CCCCCCCCCCCC(N)=O.CCC[N+](C)(C)C(CCO)(CC(=O)[O-])C(=O)[O-].O=P([O-])([O-])OCCCO.[Na+].[Na+].[Na+]. The molecule has 0 fully saturated rings. The number of hydrogen-bond donors (Lipinski definition) is 3. The normalized spacial score (nSPS) is 11.9. The molecule has 1 atom stereocenters. The van der Waals surface area contributed by atoms with Crippen molar-refractivity contribution in [2.24, 2.45) is 5.73 Å². The predicted molar refractivity (Wildman–Crippen MR) is 143 cm³/mol. The first kappa shape index (κ1) is 56.7. The monoisotopic (exact) mass is 668 g/mol. The number of likely N-dealkylation sites (N-methyl/N-ethyl adjacent to an activating group) is 1. The van der Waals surface area contributed by atoms with Gasteiger partial charge in [0.2, 0.25) is 5.91 Å². The van der Waals surface area contributed by atoms with E-state index in [1.54, 1.807) is 14.1 Å². The minimum atomic E-state index is -4.81. The van der Waals surface area contributed by atoms with Crippen molar-refractivity contribution < 1.29 is 147 Å². The van der Waals surface area contributed by atoms with Gasteiger partial charge < -0.3 is 59.1 Å². The molecule has 0 bridgehead atoms. The fourth-order valence-corrected chi connectivity index (χ4v) is 4.43. The van der Waals surface area contributed by atoms with Crippen molar-refractivity contribution in [1.29, 1.82) is 0 Å².